The lowest BCUT2D eigenvalue weighted by molar-refractivity contribution is 0.262. The summed E-state index contributed by atoms with van der Waals surface area (Å²) in [4.78, 5) is 2.55. The van der Waals surface area contributed by atoms with Crippen molar-refractivity contribution < 1.29 is 4.74 Å². The zero-order valence-corrected chi connectivity index (χ0v) is 13.1. The molecule has 0 N–H and O–H groups in total. The van der Waals surface area contributed by atoms with Crippen molar-refractivity contribution in [2.75, 3.05) is 26.2 Å². The van der Waals surface area contributed by atoms with Crippen LogP contribution in [0.25, 0.3) is 11.1 Å². The van der Waals surface area contributed by atoms with Gasteiger partial charge in [-0.15, -0.1) is 0 Å². The van der Waals surface area contributed by atoms with Gasteiger partial charge in [-0.3, -0.25) is 0 Å². The van der Waals surface area contributed by atoms with Crippen molar-refractivity contribution in [1.82, 2.24) is 4.90 Å². The van der Waals surface area contributed by atoms with Gasteiger partial charge in [0.05, 0.1) is 6.61 Å². The summed E-state index contributed by atoms with van der Waals surface area (Å²) in [5.74, 6) is 1.08. The Kier molecular flexibility index (Phi) is 3.86. The summed E-state index contributed by atoms with van der Waals surface area (Å²) in [5.41, 5.74) is 5.52. The Balaban J connectivity index is 1.41. The molecule has 0 bridgehead atoms. The summed E-state index contributed by atoms with van der Waals surface area (Å²) in [6.07, 6.45) is 4.86. The second-order valence-electron chi connectivity index (χ2n) is 6.37. The standard InChI is InChI=1S/C20H23NO/c1-2-8-17-16(7-1)15-19-18(17)9-5-10-20(19)22-14-6-13-21-11-3-4-12-21/h1-2,5,7-10H,3-4,6,11-15H2. The van der Waals surface area contributed by atoms with E-state index in [9.17, 15) is 0 Å². The highest BCUT2D eigenvalue weighted by atomic mass is 16.5. The summed E-state index contributed by atoms with van der Waals surface area (Å²) in [5, 5.41) is 0. The molecule has 0 atom stereocenters. The molecule has 1 aliphatic carbocycles. The van der Waals surface area contributed by atoms with E-state index in [1.54, 1.807) is 0 Å². The average Bonchev–Trinajstić information content (AvgIpc) is 3.19. The lowest BCUT2D eigenvalue weighted by atomic mass is 10.1. The van der Waals surface area contributed by atoms with E-state index >= 15 is 0 Å². The molecule has 0 saturated carbocycles. The molecule has 0 radical (unpaired) electrons. The van der Waals surface area contributed by atoms with Crippen molar-refractivity contribution in [1.29, 1.82) is 0 Å². The number of likely N-dealkylation sites (tertiary alicyclic amines) is 1. The predicted octanol–water partition coefficient (Wildman–Crippen LogP) is 4.12. The highest BCUT2D eigenvalue weighted by Gasteiger charge is 2.21. The van der Waals surface area contributed by atoms with Crippen LogP contribution in [-0.4, -0.2) is 31.1 Å². The topological polar surface area (TPSA) is 12.5 Å². The molecular formula is C20H23NO. The van der Waals surface area contributed by atoms with Gasteiger partial charge in [-0.2, -0.15) is 0 Å². The van der Waals surface area contributed by atoms with E-state index in [1.807, 2.05) is 0 Å². The fraction of sp³-hybridized carbons (Fsp3) is 0.400. The second kappa shape index (κ2) is 6.13. The van der Waals surface area contributed by atoms with Crippen molar-refractivity contribution in [3.05, 3.63) is 53.6 Å². The summed E-state index contributed by atoms with van der Waals surface area (Å²) in [7, 11) is 0. The molecular weight excluding hydrogens is 270 g/mol. The van der Waals surface area contributed by atoms with E-state index in [0.29, 0.717) is 0 Å². The van der Waals surface area contributed by atoms with Crippen LogP contribution in [0.5, 0.6) is 5.75 Å². The fourth-order valence-corrected chi connectivity index (χ4v) is 3.74. The summed E-state index contributed by atoms with van der Waals surface area (Å²) < 4.78 is 6.11. The highest BCUT2D eigenvalue weighted by molar-refractivity contribution is 5.78. The first kappa shape index (κ1) is 13.8. The molecule has 1 aliphatic heterocycles. The second-order valence-corrected chi connectivity index (χ2v) is 6.37. The van der Waals surface area contributed by atoms with E-state index in [-0.39, 0.29) is 0 Å². The zero-order valence-electron chi connectivity index (χ0n) is 13.1. The number of rotatable bonds is 5. The number of hydrogen-bond acceptors (Lipinski definition) is 2. The Morgan fingerprint density at radius 2 is 1.73 bits per heavy atom. The first-order valence-electron chi connectivity index (χ1n) is 8.47. The van der Waals surface area contributed by atoms with Crippen LogP contribution in [0.1, 0.15) is 30.4 Å². The molecule has 2 aromatic rings. The maximum absolute atomic E-state index is 6.11. The molecule has 1 heterocycles. The summed E-state index contributed by atoms with van der Waals surface area (Å²) in [6, 6.07) is 15.2. The van der Waals surface area contributed by atoms with E-state index in [1.165, 1.54) is 54.7 Å². The van der Waals surface area contributed by atoms with E-state index < -0.39 is 0 Å². The normalized spacial score (nSPS) is 16.5. The highest BCUT2D eigenvalue weighted by Crippen LogP contribution is 2.40. The van der Waals surface area contributed by atoms with Crippen molar-refractivity contribution in [2.24, 2.45) is 0 Å². The van der Waals surface area contributed by atoms with E-state index in [4.69, 9.17) is 4.74 Å². The van der Waals surface area contributed by atoms with Crippen LogP contribution in [0.3, 0.4) is 0 Å². The smallest absolute Gasteiger partial charge is 0.123 e. The van der Waals surface area contributed by atoms with Crippen molar-refractivity contribution in [3.63, 3.8) is 0 Å². The lowest BCUT2D eigenvalue weighted by Crippen LogP contribution is -2.22. The van der Waals surface area contributed by atoms with E-state index in [2.05, 4.69) is 47.4 Å². The van der Waals surface area contributed by atoms with Gasteiger partial charge in [-0.25, -0.2) is 0 Å². The van der Waals surface area contributed by atoms with Gasteiger partial charge in [0.1, 0.15) is 5.75 Å². The van der Waals surface area contributed by atoms with Gasteiger partial charge < -0.3 is 9.64 Å². The van der Waals surface area contributed by atoms with Crippen LogP contribution in [-0.2, 0) is 6.42 Å². The van der Waals surface area contributed by atoms with Gasteiger partial charge in [0.2, 0.25) is 0 Å². The van der Waals surface area contributed by atoms with Crippen LogP contribution in [0.15, 0.2) is 42.5 Å². The average molecular weight is 293 g/mol. The number of benzene rings is 2. The molecule has 1 saturated heterocycles. The minimum Gasteiger partial charge on any atom is -0.493 e. The van der Waals surface area contributed by atoms with Crippen molar-refractivity contribution >= 4 is 0 Å². The summed E-state index contributed by atoms with van der Waals surface area (Å²) in [6.45, 7) is 4.55. The number of ether oxygens (including phenoxy) is 1. The number of hydrogen-bond donors (Lipinski definition) is 0. The third-order valence-corrected chi connectivity index (χ3v) is 4.88. The van der Waals surface area contributed by atoms with Crippen molar-refractivity contribution in [2.45, 2.75) is 25.7 Å². The Hall–Kier alpha value is -1.80. The van der Waals surface area contributed by atoms with E-state index in [0.717, 1.165) is 25.2 Å². The Morgan fingerprint density at radius 3 is 2.64 bits per heavy atom. The molecule has 2 heteroatoms. The SMILES string of the molecule is c1ccc2c(c1)Cc1c(OCCCN3CCCC3)cccc1-2. The Bertz CT molecular complexity index is 659. The number of fused-ring (bicyclic) bond motifs is 3. The quantitative estimate of drug-likeness (QED) is 0.656. The van der Waals surface area contributed by atoms with Gasteiger partial charge >= 0.3 is 0 Å². The van der Waals surface area contributed by atoms with Gasteiger partial charge in [-0.1, -0.05) is 36.4 Å². The van der Waals surface area contributed by atoms with Crippen LogP contribution in [0.4, 0.5) is 0 Å². The number of nitrogens with zero attached hydrogens (tertiary/aromatic N) is 1. The Labute approximate surface area is 132 Å². The van der Waals surface area contributed by atoms with Gasteiger partial charge in [0.15, 0.2) is 0 Å². The molecule has 2 aromatic carbocycles. The third kappa shape index (κ3) is 2.64. The molecule has 2 nitrogen and oxygen atoms in total. The molecule has 2 aliphatic rings. The molecule has 0 aromatic heterocycles. The van der Waals surface area contributed by atoms with Gasteiger partial charge in [-0.05, 0) is 55.1 Å². The summed E-state index contributed by atoms with van der Waals surface area (Å²) >= 11 is 0. The van der Waals surface area contributed by atoms with Crippen LogP contribution >= 0.6 is 0 Å². The molecule has 4 rings (SSSR count). The molecule has 1 fully saturated rings. The maximum Gasteiger partial charge on any atom is 0.123 e. The molecule has 114 valence electrons. The zero-order chi connectivity index (χ0) is 14.8. The van der Waals surface area contributed by atoms with Crippen molar-refractivity contribution in [3.8, 4) is 16.9 Å². The van der Waals surface area contributed by atoms with Gasteiger partial charge in [0, 0.05) is 18.5 Å². The predicted molar refractivity (Wildman–Crippen MR) is 90.5 cm³/mol. The minimum atomic E-state index is 0.823. The maximum atomic E-state index is 6.11. The van der Waals surface area contributed by atoms with Crippen LogP contribution in [0, 0.1) is 0 Å². The molecule has 0 amide bonds. The molecule has 0 spiro atoms. The Morgan fingerprint density at radius 1 is 0.909 bits per heavy atom. The van der Waals surface area contributed by atoms with Gasteiger partial charge in [0.25, 0.3) is 0 Å². The molecule has 22 heavy (non-hydrogen) atoms. The fourth-order valence-electron chi connectivity index (χ4n) is 3.74. The first-order valence-corrected chi connectivity index (χ1v) is 8.47. The van der Waals surface area contributed by atoms with Crippen LogP contribution < -0.4 is 4.74 Å². The largest absolute Gasteiger partial charge is 0.493 e. The lowest BCUT2D eigenvalue weighted by Gasteiger charge is -2.15. The minimum absolute atomic E-state index is 0.823. The van der Waals surface area contributed by atoms with Crippen LogP contribution in [0.2, 0.25) is 0 Å². The first-order chi connectivity index (χ1) is 10.9. The monoisotopic (exact) mass is 293 g/mol. The third-order valence-electron chi connectivity index (χ3n) is 4.88. The molecule has 0 unspecified atom stereocenters.